The SMILES string of the molecule is Cn1nc(-c2cccs2)cc1C(=O)NC1CCC(Oc2nccnc2C#N)CC1. The van der Waals surface area contributed by atoms with Crippen molar-refractivity contribution in [2.45, 2.75) is 37.8 Å². The number of aromatic nitrogens is 4. The van der Waals surface area contributed by atoms with Crippen LogP contribution in [0.2, 0.25) is 0 Å². The van der Waals surface area contributed by atoms with Crippen molar-refractivity contribution < 1.29 is 9.53 Å². The molecule has 0 atom stereocenters. The summed E-state index contributed by atoms with van der Waals surface area (Å²) < 4.78 is 7.48. The van der Waals surface area contributed by atoms with Gasteiger partial charge in [-0.25, -0.2) is 9.97 Å². The number of hydrogen-bond acceptors (Lipinski definition) is 7. The second kappa shape index (κ2) is 8.41. The van der Waals surface area contributed by atoms with Gasteiger partial charge in [-0.2, -0.15) is 10.4 Å². The summed E-state index contributed by atoms with van der Waals surface area (Å²) in [7, 11) is 1.78. The molecule has 0 spiro atoms. The average Bonchev–Trinajstić information content (AvgIpc) is 3.39. The number of hydrogen-bond donors (Lipinski definition) is 1. The van der Waals surface area contributed by atoms with Crippen LogP contribution in [0.3, 0.4) is 0 Å². The molecule has 1 N–H and O–H groups in total. The van der Waals surface area contributed by atoms with Crippen molar-refractivity contribution in [3.05, 3.63) is 47.4 Å². The molecule has 29 heavy (non-hydrogen) atoms. The maximum atomic E-state index is 12.7. The van der Waals surface area contributed by atoms with Crippen LogP contribution >= 0.6 is 11.3 Å². The quantitative estimate of drug-likeness (QED) is 0.696. The first-order valence-electron chi connectivity index (χ1n) is 9.40. The minimum absolute atomic E-state index is 0.0333. The Labute approximate surface area is 172 Å². The van der Waals surface area contributed by atoms with Gasteiger partial charge in [-0.3, -0.25) is 9.48 Å². The number of ether oxygens (including phenoxy) is 1. The van der Waals surface area contributed by atoms with Gasteiger partial charge in [0.25, 0.3) is 11.8 Å². The van der Waals surface area contributed by atoms with E-state index in [4.69, 9.17) is 10.00 Å². The van der Waals surface area contributed by atoms with Crippen molar-refractivity contribution in [2.75, 3.05) is 0 Å². The zero-order valence-electron chi connectivity index (χ0n) is 15.9. The van der Waals surface area contributed by atoms with Crippen LogP contribution in [0, 0.1) is 11.3 Å². The highest BCUT2D eigenvalue weighted by Gasteiger charge is 2.26. The molecule has 0 radical (unpaired) electrons. The average molecular weight is 408 g/mol. The smallest absolute Gasteiger partial charge is 0.269 e. The van der Waals surface area contributed by atoms with E-state index in [2.05, 4.69) is 20.4 Å². The molecule has 9 heteroatoms. The predicted molar refractivity (Wildman–Crippen MR) is 107 cm³/mol. The Balaban J connectivity index is 1.33. The summed E-state index contributed by atoms with van der Waals surface area (Å²) in [5.41, 5.74) is 1.55. The molecular weight excluding hydrogens is 388 g/mol. The maximum Gasteiger partial charge on any atom is 0.269 e. The van der Waals surface area contributed by atoms with E-state index in [0.717, 1.165) is 36.3 Å². The molecule has 8 nitrogen and oxygen atoms in total. The van der Waals surface area contributed by atoms with Crippen LogP contribution in [0.25, 0.3) is 10.6 Å². The molecule has 1 amide bonds. The van der Waals surface area contributed by atoms with Crippen LogP contribution in [-0.2, 0) is 7.05 Å². The van der Waals surface area contributed by atoms with Gasteiger partial charge in [0.2, 0.25) is 5.69 Å². The largest absolute Gasteiger partial charge is 0.472 e. The number of aryl methyl sites for hydroxylation is 1. The van der Waals surface area contributed by atoms with Gasteiger partial charge in [0.1, 0.15) is 23.6 Å². The van der Waals surface area contributed by atoms with Crippen LogP contribution in [0.4, 0.5) is 0 Å². The highest BCUT2D eigenvalue weighted by Crippen LogP contribution is 2.26. The van der Waals surface area contributed by atoms with Crippen molar-refractivity contribution >= 4 is 17.2 Å². The molecule has 1 saturated carbocycles. The van der Waals surface area contributed by atoms with Crippen molar-refractivity contribution in [2.24, 2.45) is 7.05 Å². The summed E-state index contributed by atoms with van der Waals surface area (Å²) in [4.78, 5) is 21.8. The first-order chi connectivity index (χ1) is 14.1. The zero-order valence-corrected chi connectivity index (χ0v) is 16.7. The zero-order chi connectivity index (χ0) is 20.2. The standard InChI is InChI=1S/C20H20N6O2S/c1-26-17(11-15(25-26)18-3-2-10-29-18)19(27)24-13-4-6-14(7-5-13)28-20-16(12-21)22-8-9-23-20/h2-3,8-11,13-14H,4-7H2,1H3,(H,24,27). The number of carbonyl (C=O) groups is 1. The van der Waals surface area contributed by atoms with Gasteiger partial charge in [0, 0.05) is 25.5 Å². The van der Waals surface area contributed by atoms with Gasteiger partial charge in [0.15, 0.2) is 0 Å². The lowest BCUT2D eigenvalue weighted by Crippen LogP contribution is -2.40. The van der Waals surface area contributed by atoms with Gasteiger partial charge in [-0.15, -0.1) is 11.3 Å². The Hall–Kier alpha value is -3.25. The summed E-state index contributed by atoms with van der Waals surface area (Å²) in [6, 6.07) is 7.86. The Bertz CT molecular complexity index is 1030. The molecule has 1 aliphatic carbocycles. The van der Waals surface area contributed by atoms with Gasteiger partial charge in [-0.05, 0) is 43.2 Å². The number of nitrogens with zero attached hydrogens (tertiary/aromatic N) is 5. The molecule has 1 aliphatic rings. The first-order valence-corrected chi connectivity index (χ1v) is 10.3. The third-order valence-electron chi connectivity index (χ3n) is 4.94. The minimum Gasteiger partial charge on any atom is -0.472 e. The molecule has 0 aliphatic heterocycles. The Morgan fingerprint density at radius 2 is 2.10 bits per heavy atom. The van der Waals surface area contributed by atoms with E-state index in [9.17, 15) is 4.79 Å². The monoisotopic (exact) mass is 408 g/mol. The predicted octanol–water partition coefficient (Wildman–Crippen LogP) is 2.93. The van der Waals surface area contributed by atoms with Gasteiger partial charge < -0.3 is 10.1 Å². The fourth-order valence-electron chi connectivity index (χ4n) is 3.45. The topological polar surface area (TPSA) is 106 Å². The molecule has 3 aromatic heterocycles. The van der Waals surface area contributed by atoms with Crippen LogP contribution in [-0.4, -0.2) is 37.8 Å². The van der Waals surface area contributed by atoms with Crippen molar-refractivity contribution in [1.29, 1.82) is 5.26 Å². The first kappa shape index (κ1) is 19.1. The fourth-order valence-corrected chi connectivity index (χ4v) is 4.14. The van der Waals surface area contributed by atoms with E-state index >= 15 is 0 Å². The van der Waals surface area contributed by atoms with Gasteiger partial charge in [0.05, 0.1) is 4.88 Å². The van der Waals surface area contributed by atoms with Crippen LogP contribution in [0.5, 0.6) is 5.88 Å². The van der Waals surface area contributed by atoms with Crippen molar-refractivity contribution in [1.82, 2.24) is 25.1 Å². The molecule has 3 heterocycles. The Morgan fingerprint density at radius 1 is 1.31 bits per heavy atom. The molecule has 0 unspecified atom stereocenters. The summed E-state index contributed by atoms with van der Waals surface area (Å²) in [6.45, 7) is 0. The second-order valence-corrected chi connectivity index (χ2v) is 7.85. The van der Waals surface area contributed by atoms with Crippen LogP contribution in [0.15, 0.2) is 36.0 Å². The van der Waals surface area contributed by atoms with E-state index in [-0.39, 0.29) is 29.6 Å². The number of amides is 1. The molecule has 4 rings (SSSR count). The maximum absolute atomic E-state index is 12.7. The summed E-state index contributed by atoms with van der Waals surface area (Å²) >= 11 is 1.60. The van der Waals surface area contributed by atoms with Crippen LogP contribution in [0.1, 0.15) is 41.9 Å². The number of thiophene rings is 1. The molecule has 148 valence electrons. The van der Waals surface area contributed by atoms with Crippen LogP contribution < -0.4 is 10.1 Å². The minimum atomic E-state index is -0.118. The molecule has 0 saturated heterocycles. The van der Waals surface area contributed by atoms with E-state index < -0.39 is 0 Å². The lowest BCUT2D eigenvalue weighted by Gasteiger charge is -2.29. The lowest BCUT2D eigenvalue weighted by molar-refractivity contribution is 0.0880. The molecule has 0 aromatic carbocycles. The van der Waals surface area contributed by atoms with Gasteiger partial charge >= 0.3 is 0 Å². The third kappa shape index (κ3) is 4.27. The summed E-state index contributed by atoms with van der Waals surface area (Å²) in [5.74, 6) is 0.159. The highest BCUT2D eigenvalue weighted by molar-refractivity contribution is 7.13. The second-order valence-electron chi connectivity index (χ2n) is 6.90. The molecule has 3 aromatic rings. The van der Waals surface area contributed by atoms with Crippen molar-refractivity contribution in [3.63, 3.8) is 0 Å². The molecule has 0 bridgehead atoms. The van der Waals surface area contributed by atoms with E-state index in [1.54, 1.807) is 23.1 Å². The van der Waals surface area contributed by atoms with E-state index in [1.165, 1.54) is 12.4 Å². The number of nitrogens with one attached hydrogen (secondary N) is 1. The van der Waals surface area contributed by atoms with E-state index in [0.29, 0.717) is 5.69 Å². The number of nitriles is 1. The highest BCUT2D eigenvalue weighted by atomic mass is 32.1. The Kier molecular flexibility index (Phi) is 5.53. The van der Waals surface area contributed by atoms with E-state index in [1.807, 2.05) is 29.6 Å². The number of rotatable bonds is 5. The van der Waals surface area contributed by atoms with Gasteiger partial charge in [-0.1, -0.05) is 6.07 Å². The Morgan fingerprint density at radius 3 is 2.83 bits per heavy atom. The lowest BCUT2D eigenvalue weighted by atomic mass is 9.93. The number of carbonyl (C=O) groups excluding carboxylic acids is 1. The molecular formula is C20H20N6O2S. The summed E-state index contributed by atoms with van der Waals surface area (Å²) in [5, 5.41) is 18.6. The molecule has 1 fully saturated rings. The van der Waals surface area contributed by atoms with Crippen molar-refractivity contribution in [3.8, 4) is 22.5 Å². The summed E-state index contributed by atoms with van der Waals surface area (Å²) in [6.07, 6.45) is 6.10. The third-order valence-corrected chi connectivity index (χ3v) is 5.84. The normalized spacial score (nSPS) is 18.8. The fraction of sp³-hybridized carbons (Fsp3) is 0.350.